The summed E-state index contributed by atoms with van der Waals surface area (Å²) in [5.74, 6) is 1.98. The highest BCUT2D eigenvalue weighted by Gasteiger charge is 2.16. The molecule has 0 N–H and O–H groups in total. The Hall–Kier alpha value is -3.97. The van der Waals surface area contributed by atoms with Crippen molar-refractivity contribution in [2.45, 2.75) is 0 Å². The molecule has 8 aromatic rings. The Balaban J connectivity index is 1.36. The summed E-state index contributed by atoms with van der Waals surface area (Å²) in [4.78, 5) is 15.0. The molecular weight excluding hydrogens is 582 g/mol. The van der Waals surface area contributed by atoms with Crippen molar-refractivity contribution >= 4 is 78.9 Å². The van der Waals surface area contributed by atoms with Crippen LogP contribution >= 0.6 is 38.6 Å². The van der Waals surface area contributed by atoms with Crippen LogP contribution < -0.4 is 0 Å². The van der Waals surface area contributed by atoms with Gasteiger partial charge in [0.1, 0.15) is 0 Å². The number of fused-ring (bicyclic) bond motifs is 6. The van der Waals surface area contributed by atoms with E-state index in [0.29, 0.717) is 17.5 Å². The second-order valence-electron chi connectivity index (χ2n) is 9.40. The van der Waals surface area contributed by atoms with Gasteiger partial charge in [-0.15, -0.1) is 22.7 Å². The Kier molecular flexibility index (Phi) is 5.33. The normalized spacial score (nSPS) is 11.7. The Bertz CT molecular complexity index is 2080. The zero-order valence-electron chi connectivity index (χ0n) is 20.4. The maximum atomic E-state index is 5.04. The molecule has 0 fully saturated rings. The van der Waals surface area contributed by atoms with Crippen LogP contribution in [0.15, 0.2) is 114 Å². The SMILES string of the molecule is Brc1ccccc1-c1nc(-c2ccc3sc4ccccc4c3c2)nc(-c2ccc3sc4ccccc4c3c2)n1. The lowest BCUT2D eigenvalue weighted by Gasteiger charge is -2.10. The van der Waals surface area contributed by atoms with E-state index in [0.717, 1.165) is 21.2 Å². The van der Waals surface area contributed by atoms with Gasteiger partial charge in [-0.2, -0.15) is 0 Å². The molecule has 3 nitrogen and oxygen atoms in total. The summed E-state index contributed by atoms with van der Waals surface area (Å²) < 4.78 is 6.04. The smallest absolute Gasteiger partial charge is 0.165 e. The molecule has 184 valence electrons. The Morgan fingerprint density at radius 2 is 0.897 bits per heavy atom. The fourth-order valence-electron chi connectivity index (χ4n) is 5.13. The molecule has 39 heavy (non-hydrogen) atoms. The number of hydrogen-bond donors (Lipinski definition) is 0. The molecule has 0 saturated carbocycles. The fraction of sp³-hybridized carbons (Fsp3) is 0. The Labute approximate surface area is 240 Å². The molecule has 0 spiro atoms. The van der Waals surface area contributed by atoms with Crippen molar-refractivity contribution in [3.8, 4) is 34.2 Å². The largest absolute Gasteiger partial charge is 0.208 e. The predicted molar refractivity (Wildman–Crippen MR) is 170 cm³/mol. The van der Waals surface area contributed by atoms with E-state index in [-0.39, 0.29) is 0 Å². The zero-order chi connectivity index (χ0) is 25.9. The molecule has 8 rings (SSSR count). The van der Waals surface area contributed by atoms with Crippen LogP contribution in [0.2, 0.25) is 0 Å². The van der Waals surface area contributed by atoms with E-state index in [9.17, 15) is 0 Å². The number of nitrogens with zero attached hydrogens (tertiary/aromatic N) is 3. The Morgan fingerprint density at radius 3 is 1.46 bits per heavy atom. The van der Waals surface area contributed by atoms with Gasteiger partial charge < -0.3 is 0 Å². The molecule has 5 aromatic carbocycles. The van der Waals surface area contributed by atoms with Crippen molar-refractivity contribution in [1.29, 1.82) is 0 Å². The molecule has 0 aliphatic rings. The molecule has 0 saturated heterocycles. The maximum absolute atomic E-state index is 5.04. The fourth-order valence-corrected chi connectivity index (χ4v) is 7.76. The number of thiophene rings is 2. The van der Waals surface area contributed by atoms with Crippen LogP contribution in [0.5, 0.6) is 0 Å². The summed E-state index contributed by atoms with van der Waals surface area (Å²) in [5.41, 5.74) is 2.89. The van der Waals surface area contributed by atoms with Crippen molar-refractivity contribution in [3.05, 3.63) is 114 Å². The van der Waals surface area contributed by atoms with E-state index in [1.807, 2.05) is 46.9 Å². The zero-order valence-corrected chi connectivity index (χ0v) is 23.6. The maximum Gasteiger partial charge on any atom is 0.165 e. The summed E-state index contributed by atoms with van der Waals surface area (Å²) in [6.45, 7) is 0. The lowest BCUT2D eigenvalue weighted by molar-refractivity contribution is 1.07. The van der Waals surface area contributed by atoms with Crippen LogP contribution in [0.4, 0.5) is 0 Å². The topological polar surface area (TPSA) is 38.7 Å². The van der Waals surface area contributed by atoms with Gasteiger partial charge in [-0.1, -0.05) is 70.5 Å². The minimum Gasteiger partial charge on any atom is -0.208 e. The van der Waals surface area contributed by atoms with Crippen LogP contribution in [-0.4, -0.2) is 15.0 Å². The quantitative estimate of drug-likeness (QED) is 0.203. The van der Waals surface area contributed by atoms with Crippen LogP contribution in [-0.2, 0) is 0 Å². The first-order chi connectivity index (χ1) is 19.2. The van der Waals surface area contributed by atoms with Gasteiger partial charge in [0.05, 0.1) is 0 Å². The van der Waals surface area contributed by atoms with Gasteiger partial charge in [0.15, 0.2) is 17.5 Å². The van der Waals surface area contributed by atoms with Gasteiger partial charge in [-0.25, -0.2) is 15.0 Å². The number of rotatable bonds is 3. The molecular formula is C33H18BrN3S2. The first kappa shape index (κ1) is 23.0. The van der Waals surface area contributed by atoms with Crippen LogP contribution in [0.25, 0.3) is 74.5 Å². The standard InChI is InChI=1S/C33H18BrN3S2/c34-26-10-4-1-9-23(26)33-36-31(19-13-15-29-24(17-19)21-7-2-5-11-27(21)38-29)35-32(37-33)20-14-16-30-25(18-20)22-8-3-6-12-28(22)39-30/h1-18H. The molecule has 0 radical (unpaired) electrons. The highest BCUT2D eigenvalue weighted by Crippen LogP contribution is 2.38. The minimum absolute atomic E-state index is 0.646. The summed E-state index contributed by atoms with van der Waals surface area (Å²) in [6, 6.07) is 38.2. The van der Waals surface area contributed by atoms with E-state index in [4.69, 9.17) is 15.0 Å². The highest BCUT2D eigenvalue weighted by molar-refractivity contribution is 9.10. The van der Waals surface area contributed by atoms with E-state index in [1.165, 1.54) is 40.3 Å². The van der Waals surface area contributed by atoms with Crippen LogP contribution in [0.1, 0.15) is 0 Å². The molecule has 0 unspecified atom stereocenters. The van der Waals surface area contributed by atoms with Crippen molar-refractivity contribution in [2.75, 3.05) is 0 Å². The van der Waals surface area contributed by atoms with Crippen LogP contribution in [0.3, 0.4) is 0 Å². The molecule has 0 atom stereocenters. The molecule has 6 heteroatoms. The van der Waals surface area contributed by atoms with E-state index in [1.54, 1.807) is 0 Å². The number of hydrogen-bond acceptors (Lipinski definition) is 5. The molecule has 3 heterocycles. The minimum atomic E-state index is 0.646. The summed E-state index contributed by atoms with van der Waals surface area (Å²) in [6.07, 6.45) is 0. The predicted octanol–water partition coefficient (Wildman–Crippen LogP) is 10.4. The number of aromatic nitrogens is 3. The molecule has 0 amide bonds. The second kappa shape index (κ2) is 9.06. The van der Waals surface area contributed by atoms with Gasteiger partial charge >= 0.3 is 0 Å². The highest BCUT2D eigenvalue weighted by atomic mass is 79.9. The molecule has 0 aliphatic carbocycles. The average molecular weight is 601 g/mol. The first-order valence-corrected chi connectivity index (χ1v) is 15.0. The summed E-state index contributed by atoms with van der Waals surface area (Å²) >= 11 is 7.33. The third-order valence-corrected chi connectivity index (χ3v) is 10.0. The number of benzene rings is 5. The van der Waals surface area contributed by atoms with Gasteiger partial charge in [0.25, 0.3) is 0 Å². The number of halogens is 1. The molecule has 0 bridgehead atoms. The van der Waals surface area contributed by atoms with Gasteiger partial charge in [0, 0.05) is 61.5 Å². The van der Waals surface area contributed by atoms with Crippen molar-refractivity contribution in [2.24, 2.45) is 0 Å². The lowest BCUT2D eigenvalue weighted by atomic mass is 10.1. The van der Waals surface area contributed by atoms with E-state index >= 15 is 0 Å². The Morgan fingerprint density at radius 1 is 0.436 bits per heavy atom. The van der Waals surface area contributed by atoms with Crippen molar-refractivity contribution < 1.29 is 0 Å². The van der Waals surface area contributed by atoms with Gasteiger partial charge in [0.2, 0.25) is 0 Å². The lowest BCUT2D eigenvalue weighted by Crippen LogP contribution is -2.00. The summed E-state index contributed by atoms with van der Waals surface area (Å²) in [7, 11) is 0. The third-order valence-electron chi connectivity index (χ3n) is 7.02. The monoisotopic (exact) mass is 599 g/mol. The van der Waals surface area contributed by atoms with Crippen LogP contribution in [0, 0.1) is 0 Å². The average Bonchev–Trinajstić information content (AvgIpc) is 3.54. The van der Waals surface area contributed by atoms with E-state index < -0.39 is 0 Å². The van der Waals surface area contributed by atoms with E-state index in [2.05, 4.69) is 101 Å². The van der Waals surface area contributed by atoms with Gasteiger partial charge in [-0.3, -0.25) is 0 Å². The molecule has 0 aliphatic heterocycles. The summed E-state index contributed by atoms with van der Waals surface area (Å²) in [5, 5.41) is 4.97. The van der Waals surface area contributed by atoms with Crippen molar-refractivity contribution in [1.82, 2.24) is 15.0 Å². The first-order valence-electron chi connectivity index (χ1n) is 12.6. The molecule has 3 aromatic heterocycles. The third kappa shape index (κ3) is 3.87. The van der Waals surface area contributed by atoms with Crippen molar-refractivity contribution in [3.63, 3.8) is 0 Å². The van der Waals surface area contributed by atoms with Gasteiger partial charge in [-0.05, 0) is 54.6 Å². The second-order valence-corrected chi connectivity index (χ2v) is 12.4.